The molecule has 0 aliphatic carbocycles. The third kappa shape index (κ3) is 2.63. The molecule has 1 aromatic carbocycles. The van der Waals surface area contributed by atoms with E-state index in [-0.39, 0.29) is 17.6 Å². The van der Waals surface area contributed by atoms with Gasteiger partial charge in [-0.25, -0.2) is 0 Å². The number of carbonyl (C=O) groups is 1. The molecule has 6 heteroatoms. The Labute approximate surface area is 126 Å². The van der Waals surface area contributed by atoms with E-state index in [2.05, 4.69) is 6.92 Å². The van der Waals surface area contributed by atoms with Crippen LogP contribution in [0, 0.1) is 10.1 Å². The Bertz CT molecular complexity index is 710. The van der Waals surface area contributed by atoms with Crippen molar-refractivity contribution in [2.24, 2.45) is 0 Å². The number of hydrogen-bond donors (Lipinski definition) is 0. The highest BCUT2D eigenvalue weighted by Crippen LogP contribution is 2.31. The first-order valence-corrected chi connectivity index (χ1v) is 7.87. The van der Waals surface area contributed by atoms with Crippen molar-refractivity contribution in [2.75, 3.05) is 6.54 Å². The van der Waals surface area contributed by atoms with Crippen molar-refractivity contribution in [3.63, 3.8) is 0 Å². The number of nitrogens with zero attached hydrogens (tertiary/aromatic N) is 2. The van der Waals surface area contributed by atoms with Gasteiger partial charge in [0.25, 0.3) is 11.6 Å². The van der Waals surface area contributed by atoms with Gasteiger partial charge in [-0.05, 0) is 38.3 Å². The lowest BCUT2D eigenvalue weighted by molar-refractivity contribution is -0.384. The highest BCUT2D eigenvalue weighted by atomic mass is 32.1. The monoisotopic (exact) mass is 304 g/mol. The van der Waals surface area contributed by atoms with Crippen molar-refractivity contribution >= 4 is 33.0 Å². The van der Waals surface area contributed by atoms with E-state index in [1.165, 1.54) is 29.9 Å². The zero-order chi connectivity index (χ0) is 15.0. The largest absolute Gasteiger partial charge is 0.335 e. The molecule has 0 radical (unpaired) electrons. The van der Waals surface area contributed by atoms with Gasteiger partial charge in [0, 0.05) is 34.8 Å². The summed E-state index contributed by atoms with van der Waals surface area (Å²) in [6.45, 7) is 2.88. The minimum absolute atomic E-state index is 0.0473. The molecule has 0 N–H and O–H groups in total. The molecule has 2 heterocycles. The summed E-state index contributed by atoms with van der Waals surface area (Å²) in [6.07, 6.45) is 3.26. The van der Waals surface area contributed by atoms with E-state index >= 15 is 0 Å². The molecule has 1 amide bonds. The van der Waals surface area contributed by atoms with E-state index in [1.807, 2.05) is 4.90 Å². The molecule has 0 bridgehead atoms. The van der Waals surface area contributed by atoms with E-state index < -0.39 is 4.92 Å². The fraction of sp³-hybridized carbons (Fsp3) is 0.400. The van der Waals surface area contributed by atoms with Crippen LogP contribution in [0.15, 0.2) is 24.3 Å². The van der Waals surface area contributed by atoms with Gasteiger partial charge in [0.05, 0.1) is 9.80 Å². The number of fused-ring (bicyclic) bond motifs is 1. The van der Waals surface area contributed by atoms with Gasteiger partial charge in [0.1, 0.15) is 0 Å². The minimum Gasteiger partial charge on any atom is -0.335 e. The SMILES string of the molecule is C[C@@H]1CCCCN1C(=O)c1cc2cc([N+](=O)[O-])ccc2s1. The number of likely N-dealkylation sites (tertiary alicyclic amines) is 1. The van der Waals surface area contributed by atoms with E-state index in [0.29, 0.717) is 4.88 Å². The normalized spacial score (nSPS) is 18.9. The Morgan fingerprint density at radius 2 is 2.19 bits per heavy atom. The average Bonchev–Trinajstić information content (AvgIpc) is 2.89. The molecule has 2 aromatic rings. The summed E-state index contributed by atoms with van der Waals surface area (Å²) >= 11 is 1.41. The first-order chi connectivity index (χ1) is 10.1. The van der Waals surface area contributed by atoms with Crippen LogP contribution in [-0.2, 0) is 0 Å². The maximum Gasteiger partial charge on any atom is 0.270 e. The van der Waals surface area contributed by atoms with Gasteiger partial charge in [-0.15, -0.1) is 11.3 Å². The number of hydrogen-bond acceptors (Lipinski definition) is 4. The predicted octanol–water partition coefficient (Wildman–Crippen LogP) is 3.82. The number of benzene rings is 1. The molecule has 110 valence electrons. The van der Waals surface area contributed by atoms with Crippen molar-refractivity contribution in [1.29, 1.82) is 0 Å². The van der Waals surface area contributed by atoms with Gasteiger partial charge in [0.2, 0.25) is 0 Å². The standard InChI is InChI=1S/C15H16N2O3S/c1-10-4-2-3-7-16(10)15(18)14-9-11-8-12(17(19)20)5-6-13(11)21-14/h5-6,8-10H,2-4,7H2,1H3/t10-/m1/s1. The van der Waals surface area contributed by atoms with Crippen molar-refractivity contribution < 1.29 is 9.72 Å². The van der Waals surface area contributed by atoms with E-state index in [1.54, 1.807) is 12.1 Å². The number of amides is 1. The van der Waals surface area contributed by atoms with Crippen LogP contribution in [0.2, 0.25) is 0 Å². The molecule has 3 rings (SSSR count). The summed E-state index contributed by atoms with van der Waals surface area (Å²) in [4.78, 5) is 25.6. The summed E-state index contributed by atoms with van der Waals surface area (Å²) in [5.74, 6) is 0.0473. The molecule has 0 spiro atoms. The molecule has 0 unspecified atom stereocenters. The lowest BCUT2D eigenvalue weighted by atomic mass is 10.0. The second-order valence-electron chi connectivity index (χ2n) is 5.43. The second kappa shape index (κ2) is 5.44. The Morgan fingerprint density at radius 3 is 2.90 bits per heavy atom. The molecule has 1 atom stereocenters. The number of rotatable bonds is 2. The first kappa shape index (κ1) is 14.0. The number of piperidine rings is 1. The lowest BCUT2D eigenvalue weighted by Crippen LogP contribution is -2.41. The van der Waals surface area contributed by atoms with Crippen LogP contribution < -0.4 is 0 Å². The Kier molecular flexibility index (Phi) is 3.63. The summed E-state index contributed by atoms with van der Waals surface area (Å²) in [5.41, 5.74) is 0.0608. The molecule has 1 aliphatic rings. The third-order valence-corrected chi connectivity index (χ3v) is 5.09. The molecule has 1 aromatic heterocycles. The van der Waals surface area contributed by atoms with Crippen LogP contribution in [0.5, 0.6) is 0 Å². The number of nitro groups is 1. The van der Waals surface area contributed by atoms with Gasteiger partial charge in [0.15, 0.2) is 0 Å². The molecular formula is C15H16N2O3S. The third-order valence-electron chi connectivity index (χ3n) is 3.99. The predicted molar refractivity (Wildman–Crippen MR) is 82.8 cm³/mol. The van der Waals surface area contributed by atoms with Crippen LogP contribution in [-0.4, -0.2) is 28.3 Å². The quantitative estimate of drug-likeness (QED) is 0.626. The molecule has 1 fully saturated rings. The average molecular weight is 304 g/mol. The van der Waals surface area contributed by atoms with Crippen LogP contribution in [0.25, 0.3) is 10.1 Å². The maximum atomic E-state index is 12.6. The molecule has 5 nitrogen and oxygen atoms in total. The van der Waals surface area contributed by atoms with Crippen molar-refractivity contribution in [2.45, 2.75) is 32.2 Å². The molecule has 0 saturated carbocycles. The molecule has 21 heavy (non-hydrogen) atoms. The van der Waals surface area contributed by atoms with Crippen molar-refractivity contribution in [1.82, 2.24) is 4.90 Å². The fourth-order valence-corrected chi connectivity index (χ4v) is 3.79. The van der Waals surface area contributed by atoms with Gasteiger partial charge in [-0.1, -0.05) is 0 Å². The highest BCUT2D eigenvalue weighted by Gasteiger charge is 2.25. The van der Waals surface area contributed by atoms with Crippen LogP contribution in [0.3, 0.4) is 0 Å². The zero-order valence-electron chi connectivity index (χ0n) is 11.7. The maximum absolute atomic E-state index is 12.6. The highest BCUT2D eigenvalue weighted by molar-refractivity contribution is 7.20. The first-order valence-electron chi connectivity index (χ1n) is 7.05. The number of nitro benzene ring substituents is 1. The molecular weight excluding hydrogens is 288 g/mol. The van der Waals surface area contributed by atoms with Gasteiger partial charge < -0.3 is 4.90 Å². The second-order valence-corrected chi connectivity index (χ2v) is 6.52. The van der Waals surface area contributed by atoms with Gasteiger partial charge >= 0.3 is 0 Å². The zero-order valence-corrected chi connectivity index (χ0v) is 12.6. The summed E-state index contributed by atoms with van der Waals surface area (Å²) in [7, 11) is 0. The Morgan fingerprint density at radius 1 is 1.38 bits per heavy atom. The topological polar surface area (TPSA) is 63.5 Å². The Hall–Kier alpha value is -1.95. The molecule has 1 aliphatic heterocycles. The van der Waals surface area contributed by atoms with Gasteiger partial charge in [-0.2, -0.15) is 0 Å². The van der Waals surface area contributed by atoms with Gasteiger partial charge in [-0.3, -0.25) is 14.9 Å². The fourth-order valence-electron chi connectivity index (χ4n) is 2.79. The van der Waals surface area contributed by atoms with Crippen molar-refractivity contribution in [3.8, 4) is 0 Å². The number of carbonyl (C=O) groups excluding carboxylic acids is 1. The van der Waals surface area contributed by atoms with Crippen molar-refractivity contribution in [3.05, 3.63) is 39.3 Å². The van der Waals surface area contributed by atoms with Crippen LogP contribution >= 0.6 is 11.3 Å². The Balaban J connectivity index is 1.93. The van der Waals surface area contributed by atoms with E-state index in [4.69, 9.17) is 0 Å². The van der Waals surface area contributed by atoms with E-state index in [9.17, 15) is 14.9 Å². The summed E-state index contributed by atoms with van der Waals surface area (Å²) in [6, 6.07) is 6.77. The van der Waals surface area contributed by atoms with E-state index in [0.717, 1.165) is 29.5 Å². The lowest BCUT2D eigenvalue weighted by Gasteiger charge is -2.33. The summed E-state index contributed by atoms with van der Waals surface area (Å²) < 4.78 is 0.911. The number of non-ortho nitro benzene ring substituents is 1. The van der Waals surface area contributed by atoms with Crippen LogP contribution in [0.1, 0.15) is 35.9 Å². The smallest absolute Gasteiger partial charge is 0.270 e. The summed E-state index contributed by atoms with van der Waals surface area (Å²) in [5, 5.41) is 11.6. The molecule has 1 saturated heterocycles. The number of thiophene rings is 1. The minimum atomic E-state index is -0.411. The van der Waals surface area contributed by atoms with Crippen LogP contribution in [0.4, 0.5) is 5.69 Å².